The molecule has 0 amide bonds. The van der Waals surface area contributed by atoms with Crippen molar-refractivity contribution in [2.45, 2.75) is 6.61 Å². The van der Waals surface area contributed by atoms with Crippen LogP contribution in [0.5, 0.6) is 5.75 Å². The van der Waals surface area contributed by atoms with E-state index in [0.29, 0.717) is 11.4 Å². The third kappa shape index (κ3) is 2.36. The van der Waals surface area contributed by atoms with Crippen LogP contribution in [-0.4, -0.2) is 21.3 Å². The molecule has 0 aliphatic heterocycles. The summed E-state index contributed by atoms with van der Waals surface area (Å²) in [5.74, 6) is -0.510. The van der Waals surface area contributed by atoms with Crippen molar-refractivity contribution < 1.29 is 14.6 Å². The van der Waals surface area contributed by atoms with E-state index in [9.17, 15) is 4.79 Å². The molecule has 1 aromatic carbocycles. The Morgan fingerprint density at radius 3 is 2.76 bits per heavy atom. The quantitative estimate of drug-likeness (QED) is 0.738. The summed E-state index contributed by atoms with van der Waals surface area (Å²) < 4.78 is 5.41. The van der Waals surface area contributed by atoms with Gasteiger partial charge in [-0.05, 0) is 12.1 Å². The van der Waals surface area contributed by atoms with Crippen LogP contribution in [0, 0.1) is 0 Å². The second kappa shape index (κ2) is 4.56. The summed E-state index contributed by atoms with van der Waals surface area (Å²) in [4.78, 5) is 10.9. The van der Waals surface area contributed by atoms with E-state index >= 15 is 0 Å². The number of rotatable bonds is 4. The van der Waals surface area contributed by atoms with Crippen molar-refractivity contribution in [3.05, 3.63) is 41.6 Å². The fraction of sp³-hybridized carbons (Fsp3) is 0.0909. The molecule has 88 valence electrons. The molecule has 0 radical (unpaired) electrons. The van der Waals surface area contributed by atoms with Gasteiger partial charge in [-0.25, -0.2) is 4.79 Å². The van der Waals surface area contributed by atoms with Crippen LogP contribution in [0.3, 0.4) is 0 Å². The molecule has 0 unspecified atom stereocenters. The van der Waals surface area contributed by atoms with Crippen LogP contribution in [0.2, 0.25) is 0 Å². The van der Waals surface area contributed by atoms with Gasteiger partial charge in [0.15, 0.2) is 5.82 Å². The predicted molar refractivity (Wildman–Crippen MR) is 60.7 cm³/mol. The van der Waals surface area contributed by atoms with Gasteiger partial charge in [-0.15, -0.1) is 0 Å². The van der Waals surface area contributed by atoms with Gasteiger partial charge >= 0.3 is 5.97 Å². The number of carboxylic acid groups (broad SMARTS) is 1. The highest BCUT2D eigenvalue weighted by Gasteiger charge is 2.17. The van der Waals surface area contributed by atoms with Crippen LogP contribution in [0.15, 0.2) is 30.3 Å². The maximum atomic E-state index is 10.9. The molecule has 6 heteroatoms. The number of nitrogens with two attached hydrogens (primary N) is 1. The number of nitrogen functional groups attached to an aromatic ring is 1. The number of hydrogen-bond acceptors (Lipinski definition) is 4. The van der Waals surface area contributed by atoms with Crippen molar-refractivity contribution >= 4 is 11.8 Å². The van der Waals surface area contributed by atoms with Crippen LogP contribution in [0.25, 0.3) is 0 Å². The first kappa shape index (κ1) is 11.0. The summed E-state index contributed by atoms with van der Waals surface area (Å²) in [7, 11) is 0. The summed E-state index contributed by atoms with van der Waals surface area (Å²) in [5.41, 5.74) is 5.74. The Hall–Kier alpha value is -2.50. The number of nitrogens with zero attached hydrogens (tertiary/aromatic N) is 1. The van der Waals surface area contributed by atoms with Gasteiger partial charge in [0.1, 0.15) is 17.9 Å². The molecule has 0 spiro atoms. The van der Waals surface area contributed by atoms with Crippen molar-refractivity contribution in [1.82, 2.24) is 10.2 Å². The summed E-state index contributed by atoms with van der Waals surface area (Å²) in [6, 6.07) is 9.08. The highest BCUT2D eigenvalue weighted by molar-refractivity contribution is 5.93. The molecule has 0 saturated carbocycles. The van der Waals surface area contributed by atoms with Gasteiger partial charge in [0, 0.05) is 0 Å². The fourth-order valence-corrected chi connectivity index (χ4v) is 1.41. The van der Waals surface area contributed by atoms with E-state index < -0.39 is 5.97 Å². The molecule has 0 atom stereocenters. The van der Waals surface area contributed by atoms with Crippen molar-refractivity contribution in [3.8, 4) is 5.75 Å². The largest absolute Gasteiger partial charge is 0.487 e. The lowest BCUT2D eigenvalue weighted by Gasteiger charge is -2.04. The molecular weight excluding hydrogens is 222 g/mol. The van der Waals surface area contributed by atoms with E-state index in [1.807, 2.05) is 18.2 Å². The highest BCUT2D eigenvalue weighted by Crippen LogP contribution is 2.16. The van der Waals surface area contributed by atoms with Gasteiger partial charge in [-0.2, -0.15) is 5.10 Å². The van der Waals surface area contributed by atoms with Crippen molar-refractivity contribution in [1.29, 1.82) is 0 Å². The molecule has 6 nitrogen and oxygen atoms in total. The molecule has 0 bridgehead atoms. The molecule has 0 aliphatic carbocycles. The zero-order valence-electron chi connectivity index (χ0n) is 8.88. The molecule has 1 aromatic heterocycles. The van der Waals surface area contributed by atoms with Crippen molar-refractivity contribution in [3.63, 3.8) is 0 Å². The van der Waals surface area contributed by atoms with Gasteiger partial charge < -0.3 is 15.6 Å². The number of carboxylic acids is 1. The second-order valence-electron chi connectivity index (χ2n) is 3.37. The first-order valence-electron chi connectivity index (χ1n) is 4.92. The van der Waals surface area contributed by atoms with E-state index in [4.69, 9.17) is 15.6 Å². The van der Waals surface area contributed by atoms with Gasteiger partial charge in [-0.1, -0.05) is 18.2 Å². The van der Waals surface area contributed by atoms with E-state index in [0.717, 1.165) is 0 Å². The number of ether oxygens (including phenoxy) is 1. The summed E-state index contributed by atoms with van der Waals surface area (Å²) in [5, 5.41) is 15.1. The van der Waals surface area contributed by atoms with Crippen molar-refractivity contribution in [2.24, 2.45) is 0 Å². The zero-order valence-corrected chi connectivity index (χ0v) is 8.88. The van der Waals surface area contributed by atoms with Crippen LogP contribution in [-0.2, 0) is 6.61 Å². The summed E-state index contributed by atoms with van der Waals surface area (Å²) in [6.07, 6.45) is 0. The normalized spacial score (nSPS) is 10.1. The lowest BCUT2D eigenvalue weighted by molar-refractivity contribution is 0.0695. The number of hydrogen-bond donors (Lipinski definition) is 3. The number of anilines is 1. The second-order valence-corrected chi connectivity index (χ2v) is 3.37. The van der Waals surface area contributed by atoms with E-state index in [1.165, 1.54) is 0 Å². The van der Waals surface area contributed by atoms with Crippen molar-refractivity contribution in [2.75, 3.05) is 5.73 Å². The molecule has 2 aromatic rings. The zero-order chi connectivity index (χ0) is 12.3. The average Bonchev–Trinajstić information content (AvgIpc) is 2.69. The number of aromatic amines is 1. The van der Waals surface area contributed by atoms with Gasteiger partial charge in [0.05, 0.1) is 5.69 Å². The minimum Gasteiger partial charge on any atom is -0.487 e. The maximum absolute atomic E-state index is 10.9. The number of carbonyl (C=O) groups is 1. The number of aromatic nitrogens is 2. The van der Waals surface area contributed by atoms with E-state index in [2.05, 4.69) is 10.2 Å². The summed E-state index contributed by atoms with van der Waals surface area (Å²) >= 11 is 0. The maximum Gasteiger partial charge on any atom is 0.341 e. The number of nitrogens with one attached hydrogen (secondary N) is 1. The molecule has 4 N–H and O–H groups in total. The first-order valence-corrected chi connectivity index (χ1v) is 4.92. The molecule has 2 rings (SSSR count). The van der Waals surface area contributed by atoms with Crippen LogP contribution >= 0.6 is 0 Å². The Morgan fingerprint density at radius 2 is 2.12 bits per heavy atom. The fourth-order valence-electron chi connectivity index (χ4n) is 1.41. The molecule has 0 fully saturated rings. The van der Waals surface area contributed by atoms with Gasteiger partial charge in [0.25, 0.3) is 0 Å². The minimum absolute atomic E-state index is 0.0378. The average molecular weight is 233 g/mol. The Kier molecular flexibility index (Phi) is 2.95. The Bertz CT molecular complexity index is 522. The molecule has 17 heavy (non-hydrogen) atoms. The number of H-pyrrole nitrogens is 1. The molecule has 0 aliphatic rings. The Labute approximate surface area is 97.0 Å². The first-order chi connectivity index (χ1) is 8.18. The van der Waals surface area contributed by atoms with E-state index in [-0.39, 0.29) is 18.0 Å². The van der Waals surface area contributed by atoms with E-state index in [1.54, 1.807) is 12.1 Å². The molecule has 0 saturated heterocycles. The van der Waals surface area contributed by atoms with Gasteiger partial charge in [-0.3, -0.25) is 5.10 Å². The smallest absolute Gasteiger partial charge is 0.341 e. The van der Waals surface area contributed by atoms with Gasteiger partial charge in [0.2, 0.25) is 0 Å². The van der Waals surface area contributed by atoms with Crippen LogP contribution in [0.4, 0.5) is 5.82 Å². The standard InChI is InChI=1S/C11H11N3O3/c12-10-9(11(15)16)8(13-14-10)6-17-7-4-2-1-3-5-7/h1-5H,6H2,(H,15,16)(H3,12,13,14). The topological polar surface area (TPSA) is 101 Å². The Morgan fingerprint density at radius 1 is 1.41 bits per heavy atom. The van der Waals surface area contributed by atoms with Crippen LogP contribution < -0.4 is 10.5 Å². The highest BCUT2D eigenvalue weighted by atomic mass is 16.5. The lowest BCUT2D eigenvalue weighted by Crippen LogP contribution is -2.06. The minimum atomic E-state index is -1.12. The number of para-hydroxylation sites is 1. The lowest BCUT2D eigenvalue weighted by atomic mass is 10.2. The third-order valence-electron chi connectivity index (χ3n) is 2.21. The number of benzene rings is 1. The summed E-state index contributed by atoms with van der Waals surface area (Å²) in [6.45, 7) is 0.0792. The number of aromatic carboxylic acids is 1. The molecule has 1 heterocycles. The molecular formula is C11H11N3O3. The SMILES string of the molecule is Nc1n[nH]c(COc2ccccc2)c1C(=O)O. The predicted octanol–water partition coefficient (Wildman–Crippen LogP) is 1.27. The Balaban J connectivity index is 2.12. The third-order valence-corrected chi connectivity index (χ3v) is 2.21. The monoisotopic (exact) mass is 233 g/mol. The van der Waals surface area contributed by atoms with Crippen LogP contribution in [0.1, 0.15) is 16.1 Å².